The van der Waals surface area contributed by atoms with Crippen molar-refractivity contribution in [2.75, 3.05) is 33.3 Å². The SMILES string of the molecule is CCN1CC(=O)N[C@H]2CCN(Cc3nccn3C)C[C@@H]2OCc2cccc(c2)Oc2cc(ccc2OC)CCC1=O. The van der Waals surface area contributed by atoms with E-state index in [4.69, 9.17) is 14.2 Å². The second kappa shape index (κ2) is 13.2. The van der Waals surface area contributed by atoms with E-state index in [0.717, 1.165) is 29.9 Å². The van der Waals surface area contributed by atoms with Gasteiger partial charge in [-0.15, -0.1) is 0 Å². The van der Waals surface area contributed by atoms with Crippen molar-refractivity contribution in [2.24, 2.45) is 7.05 Å². The number of likely N-dealkylation sites (tertiary alicyclic amines) is 1. The molecule has 10 nitrogen and oxygen atoms in total. The second-order valence-electron chi connectivity index (χ2n) is 10.6. The number of rotatable bonds is 4. The van der Waals surface area contributed by atoms with Gasteiger partial charge in [0, 0.05) is 45.5 Å². The number of hydrogen-bond acceptors (Lipinski definition) is 7. The molecule has 2 aliphatic rings. The van der Waals surface area contributed by atoms with Gasteiger partial charge < -0.3 is 29.0 Å². The summed E-state index contributed by atoms with van der Waals surface area (Å²) in [5.41, 5.74) is 1.92. The van der Waals surface area contributed by atoms with Gasteiger partial charge in [-0.25, -0.2) is 4.98 Å². The van der Waals surface area contributed by atoms with E-state index < -0.39 is 0 Å². The molecule has 0 unspecified atom stereocenters. The van der Waals surface area contributed by atoms with E-state index in [0.29, 0.717) is 56.3 Å². The lowest BCUT2D eigenvalue weighted by molar-refractivity contribution is -0.136. The van der Waals surface area contributed by atoms with Crippen molar-refractivity contribution in [3.8, 4) is 17.2 Å². The lowest BCUT2D eigenvalue weighted by Gasteiger charge is -2.38. The largest absolute Gasteiger partial charge is 0.493 e. The van der Waals surface area contributed by atoms with Gasteiger partial charge in [-0.3, -0.25) is 14.5 Å². The fraction of sp³-hybridized carbons (Fsp3) is 0.452. The van der Waals surface area contributed by atoms with Gasteiger partial charge in [-0.2, -0.15) is 0 Å². The van der Waals surface area contributed by atoms with Gasteiger partial charge in [0.05, 0.1) is 39.0 Å². The Morgan fingerprint density at radius 3 is 2.78 bits per heavy atom. The maximum absolute atomic E-state index is 13.2. The first-order valence-corrected chi connectivity index (χ1v) is 14.2. The van der Waals surface area contributed by atoms with Crippen LogP contribution in [0.3, 0.4) is 0 Å². The molecule has 1 saturated heterocycles. The van der Waals surface area contributed by atoms with E-state index >= 15 is 0 Å². The molecule has 1 N–H and O–H groups in total. The molecular weight excluding hydrogens is 522 g/mol. The van der Waals surface area contributed by atoms with E-state index in [1.807, 2.05) is 67.2 Å². The Morgan fingerprint density at radius 1 is 1.12 bits per heavy atom. The van der Waals surface area contributed by atoms with Crippen LogP contribution in [0.1, 0.15) is 36.7 Å². The first-order chi connectivity index (χ1) is 19.9. The number of ether oxygens (including phenoxy) is 3. The zero-order valence-corrected chi connectivity index (χ0v) is 24.0. The van der Waals surface area contributed by atoms with Crippen molar-refractivity contribution in [1.29, 1.82) is 0 Å². The number of benzene rings is 2. The number of fused-ring (bicyclic) bond motifs is 5. The molecule has 0 radical (unpaired) electrons. The van der Waals surface area contributed by atoms with Crippen LogP contribution in [0.2, 0.25) is 0 Å². The highest BCUT2D eigenvalue weighted by Gasteiger charge is 2.32. The molecule has 1 fully saturated rings. The third-order valence-corrected chi connectivity index (χ3v) is 7.79. The van der Waals surface area contributed by atoms with Crippen LogP contribution < -0.4 is 14.8 Å². The molecule has 2 amide bonds. The Morgan fingerprint density at radius 2 is 2.00 bits per heavy atom. The minimum atomic E-state index is -0.237. The first kappa shape index (κ1) is 28.6. The molecule has 0 aliphatic carbocycles. The highest BCUT2D eigenvalue weighted by Crippen LogP contribution is 2.33. The van der Waals surface area contributed by atoms with E-state index in [1.54, 1.807) is 18.2 Å². The summed E-state index contributed by atoms with van der Waals surface area (Å²) in [4.78, 5) is 34.6. The third-order valence-electron chi connectivity index (χ3n) is 7.79. The Hall–Kier alpha value is -3.89. The van der Waals surface area contributed by atoms with Gasteiger partial charge in [-0.1, -0.05) is 18.2 Å². The minimum Gasteiger partial charge on any atom is -0.493 e. The maximum Gasteiger partial charge on any atom is 0.239 e. The first-order valence-electron chi connectivity index (χ1n) is 14.2. The number of hydrogen-bond donors (Lipinski definition) is 1. The summed E-state index contributed by atoms with van der Waals surface area (Å²) in [6, 6.07) is 13.3. The predicted molar refractivity (Wildman–Crippen MR) is 154 cm³/mol. The number of nitrogens with zero attached hydrogens (tertiary/aromatic N) is 4. The molecule has 4 bridgehead atoms. The average molecular weight is 562 g/mol. The smallest absolute Gasteiger partial charge is 0.239 e. The van der Waals surface area contributed by atoms with Crippen molar-refractivity contribution in [1.82, 2.24) is 24.7 Å². The van der Waals surface area contributed by atoms with E-state index in [-0.39, 0.29) is 30.5 Å². The molecule has 0 saturated carbocycles. The third kappa shape index (κ3) is 7.25. The van der Waals surface area contributed by atoms with Crippen molar-refractivity contribution in [3.05, 3.63) is 71.8 Å². The van der Waals surface area contributed by atoms with Gasteiger partial charge in [0.1, 0.15) is 11.6 Å². The molecule has 2 aromatic carbocycles. The summed E-state index contributed by atoms with van der Waals surface area (Å²) in [5, 5.41) is 3.18. The summed E-state index contributed by atoms with van der Waals surface area (Å²) >= 11 is 0. The molecular formula is C31H39N5O5. The summed E-state index contributed by atoms with van der Waals surface area (Å²) < 4.78 is 20.3. The quantitative estimate of drug-likeness (QED) is 0.522. The van der Waals surface area contributed by atoms with Crippen molar-refractivity contribution >= 4 is 11.8 Å². The maximum atomic E-state index is 13.2. The molecule has 41 heavy (non-hydrogen) atoms. The number of aryl methyl sites for hydroxylation is 2. The Balaban J connectivity index is 1.40. The fourth-order valence-electron chi connectivity index (χ4n) is 5.40. The molecule has 10 heteroatoms. The van der Waals surface area contributed by atoms with Crippen LogP contribution in [0, 0.1) is 0 Å². The van der Waals surface area contributed by atoms with Crippen LogP contribution >= 0.6 is 0 Å². The Labute approximate surface area is 241 Å². The molecule has 3 aromatic rings. The zero-order chi connectivity index (χ0) is 28.8. The summed E-state index contributed by atoms with van der Waals surface area (Å²) in [7, 11) is 3.60. The highest BCUT2D eigenvalue weighted by atomic mass is 16.5. The minimum absolute atomic E-state index is 0.0224. The number of aromatic nitrogens is 2. The van der Waals surface area contributed by atoms with Crippen molar-refractivity contribution < 1.29 is 23.8 Å². The van der Waals surface area contributed by atoms with Crippen LogP contribution in [0.25, 0.3) is 0 Å². The number of methoxy groups -OCH3 is 1. The van der Waals surface area contributed by atoms with E-state index in [1.165, 1.54) is 0 Å². The number of carbonyl (C=O) groups is 2. The van der Waals surface area contributed by atoms with Crippen LogP contribution in [-0.4, -0.2) is 76.6 Å². The van der Waals surface area contributed by atoms with Crippen LogP contribution in [0.4, 0.5) is 0 Å². The molecule has 0 spiro atoms. The molecule has 2 atom stereocenters. The van der Waals surface area contributed by atoms with Crippen LogP contribution in [-0.2, 0) is 40.9 Å². The normalized spacial score (nSPS) is 20.8. The summed E-state index contributed by atoms with van der Waals surface area (Å²) in [6.07, 6.45) is 5.06. The molecule has 2 aliphatic heterocycles. The lowest BCUT2D eigenvalue weighted by Crippen LogP contribution is -2.56. The van der Waals surface area contributed by atoms with Crippen molar-refractivity contribution in [2.45, 2.75) is 51.5 Å². The zero-order valence-electron chi connectivity index (χ0n) is 24.0. The van der Waals surface area contributed by atoms with Gasteiger partial charge in [0.15, 0.2) is 11.5 Å². The number of piperidine rings is 1. The number of carbonyl (C=O) groups excluding carboxylic acids is 2. The summed E-state index contributed by atoms with van der Waals surface area (Å²) in [5.74, 6) is 2.61. The van der Waals surface area contributed by atoms with Gasteiger partial charge in [-0.05, 0) is 55.2 Å². The fourth-order valence-corrected chi connectivity index (χ4v) is 5.40. The Kier molecular flexibility index (Phi) is 9.21. The van der Waals surface area contributed by atoms with Gasteiger partial charge in [0.2, 0.25) is 11.8 Å². The number of imidazole rings is 1. The highest BCUT2D eigenvalue weighted by molar-refractivity contribution is 5.85. The molecule has 218 valence electrons. The van der Waals surface area contributed by atoms with Gasteiger partial charge >= 0.3 is 0 Å². The average Bonchev–Trinajstić information content (AvgIpc) is 3.38. The molecule has 5 rings (SSSR count). The van der Waals surface area contributed by atoms with Crippen LogP contribution in [0.5, 0.6) is 17.2 Å². The monoisotopic (exact) mass is 561 g/mol. The lowest BCUT2D eigenvalue weighted by atomic mass is 10.0. The predicted octanol–water partition coefficient (Wildman–Crippen LogP) is 3.29. The van der Waals surface area contributed by atoms with E-state index in [2.05, 4.69) is 15.2 Å². The van der Waals surface area contributed by atoms with E-state index in [9.17, 15) is 9.59 Å². The number of likely N-dealkylation sites (N-methyl/N-ethyl adjacent to an activating group) is 1. The molecule has 3 heterocycles. The standard InChI is InChI=1S/C31H39N5O5/c1-4-36-20-30(37)33-25-12-14-35(19-29-32-13-15-34(29)2)18-28(25)40-21-23-6-5-7-24(16-23)41-27-17-22(9-11-31(36)38)8-10-26(27)39-3/h5-8,10,13,15-17,25,28H,4,9,11-12,14,18-21H2,1-3H3,(H,33,37)/t25-,28-/m0/s1. The Bertz CT molecular complexity index is 1360. The van der Waals surface area contributed by atoms with Gasteiger partial charge in [0.25, 0.3) is 0 Å². The number of nitrogens with one attached hydrogen (secondary N) is 1. The molecule has 1 aromatic heterocycles. The number of amides is 2. The topological polar surface area (TPSA) is 98.2 Å². The van der Waals surface area contributed by atoms with Crippen LogP contribution in [0.15, 0.2) is 54.9 Å². The second-order valence-corrected chi connectivity index (χ2v) is 10.6. The summed E-state index contributed by atoms with van der Waals surface area (Å²) in [6.45, 7) is 4.89. The van der Waals surface area contributed by atoms with Crippen molar-refractivity contribution in [3.63, 3.8) is 0 Å².